The van der Waals surface area contributed by atoms with E-state index in [1.54, 1.807) is 48.4 Å². The maximum Gasteiger partial charge on any atom is 0.274 e. The van der Waals surface area contributed by atoms with Gasteiger partial charge in [-0.2, -0.15) is 5.10 Å². The van der Waals surface area contributed by atoms with Crippen LogP contribution in [0.4, 0.5) is 8.78 Å². The Hall–Kier alpha value is -3.55. The molecule has 0 unspecified atom stereocenters. The lowest BCUT2D eigenvalue weighted by molar-refractivity contribution is -0.126. The molecule has 2 aromatic carbocycles. The highest BCUT2D eigenvalue weighted by Crippen LogP contribution is 2.20. The lowest BCUT2D eigenvalue weighted by Gasteiger charge is -2.30. The SMILES string of the molecule is Cc1ccc(CNC(=O)C2CCN(C(=O)c3ccn(-c4cccc(F)c4)n3)CC2)cc1F. The molecule has 32 heavy (non-hydrogen) atoms. The molecule has 2 amide bonds. The molecule has 1 aliphatic heterocycles. The maximum atomic E-state index is 13.7. The number of halogens is 2. The van der Waals surface area contributed by atoms with Crippen molar-refractivity contribution in [1.82, 2.24) is 20.0 Å². The molecule has 1 aliphatic rings. The number of carbonyl (C=O) groups excluding carboxylic acids is 2. The smallest absolute Gasteiger partial charge is 0.274 e. The first-order valence-corrected chi connectivity index (χ1v) is 10.5. The number of hydrogen-bond acceptors (Lipinski definition) is 3. The van der Waals surface area contributed by atoms with Gasteiger partial charge in [0.2, 0.25) is 5.91 Å². The normalized spacial score (nSPS) is 14.4. The third-order valence-electron chi connectivity index (χ3n) is 5.74. The number of piperidine rings is 1. The van der Waals surface area contributed by atoms with Crippen LogP contribution in [-0.4, -0.2) is 39.6 Å². The lowest BCUT2D eigenvalue weighted by atomic mass is 9.95. The molecule has 0 radical (unpaired) electrons. The first-order valence-electron chi connectivity index (χ1n) is 10.5. The third-order valence-corrected chi connectivity index (χ3v) is 5.74. The number of aromatic nitrogens is 2. The lowest BCUT2D eigenvalue weighted by Crippen LogP contribution is -2.43. The molecule has 1 saturated heterocycles. The van der Waals surface area contributed by atoms with E-state index in [1.165, 1.54) is 22.9 Å². The molecule has 0 bridgehead atoms. The van der Waals surface area contributed by atoms with Crippen LogP contribution < -0.4 is 5.32 Å². The van der Waals surface area contributed by atoms with E-state index in [4.69, 9.17) is 0 Å². The molecular weight excluding hydrogens is 414 g/mol. The summed E-state index contributed by atoms with van der Waals surface area (Å²) in [6.45, 7) is 2.86. The Morgan fingerprint density at radius 2 is 1.88 bits per heavy atom. The summed E-state index contributed by atoms with van der Waals surface area (Å²) in [5.74, 6) is -1.16. The maximum absolute atomic E-state index is 13.7. The molecule has 8 heteroatoms. The van der Waals surface area contributed by atoms with E-state index in [1.807, 2.05) is 0 Å². The summed E-state index contributed by atoms with van der Waals surface area (Å²) in [6.07, 6.45) is 2.71. The molecule has 1 fully saturated rings. The van der Waals surface area contributed by atoms with Crippen LogP contribution in [0.25, 0.3) is 5.69 Å². The molecule has 4 rings (SSSR count). The van der Waals surface area contributed by atoms with Crippen LogP contribution in [0.2, 0.25) is 0 Å². The number of carbonyl (C=O) groups is 2. The second-order valence-electron chi connectivity index (χ2n) is 7.99. The van der Waals surface area contributed by atoms with Gasteiger partial charge in [-0.25, -0.2) is 13.5 Å². The highest BCUT2D eigenvalue weighted by molar-refractivity contribution is 5.92. The van der Waals surface area contributed by atoms with Crippen molar-refractivity contribution >= 4 is 11.8 Å². The molecule has 0 spiro atoms. The minimum absolute atomic E-state index is 0.0894. The van der Waals surface area contributed by atoms with E-state index in [0.717, 1.165) is 0 Å². The Labute approximate surface area is 184 Å². The van der Waals surface area contributed by atoms with E-state index < -0.39 is 0 Å². The number of hydrogen-bond donors (Lipinski definition) is 1. The largest absolute Gasteiger partial charge is 0.352 e. The van der Waals surface area contributed by atoms with Gasteiger partial charge in [-0.3, -0.25) is 9.59 Å². The Balaban J connectivity index is 1.30. The first-order chi connectivity index (χ1) is 15.4. The Morgan fingerprint density at radius 1 is 1.09 bits per heavy atom. The standard InChI is InChI=1S/C24H24F2N4O2/c1-16-5-6-17(13-21(16)26)15-27-23(31)18-7-10-29(11-8-18)24(32)22-9-12-30(28-22)20-4-2-3-19(25)14-20/h2-6,9,12-14,18H,7-8,10-11,15H2,1H3,(H,27,31). The highest BCUT2D eigenvalue weighted by Gasteiger charge is 2.28. The van der Waals surface area contributed by atoms with E-state index in [9.17, 15) is 18.4 Å². The molecule has 0 aliphatic carbocycles. The van der Waals surface area contributed by atoms with Crippen LogP contribution in [0.15, 0.2) is 54.7 Å². The number of aryl methyl sites for hydroxylation is 1. The zero-order valence-electron chi connectivity index (χ0n) is 17.7. The minimum atomic E-state index is -0.376. The molecule has 1 aromatic heterocycles. The van der Waals surface area contributed by atoms with Gasteiger partial charge in [0, 0.05) is 31.7 Å². The summed E-state index contributed by atoms with van der Waals surface area (Å²) in [7, 11) is 0. The van der Waals surface area contributed by atoms with Gasteiger partial charge in [-0.05, 0) is 61.2 Å². The molecule has 0 atom stereocenters. The van der Waals surface area contributed by atoms with Gasteiger partial charge < -0.3 is 10.2 Å². The van der Waals surface area contributed by atoms with Crippen LogP contribution in [0.3, 0.4) is 0 Å². The Bertz CT molecular complexity index is 1140. The van der Waals surface area contributed by atoms with Crippen LogP contribution in [0.1, 0.15) is 34.5 Å². The van der Waals surface area contributed by atoms with Crippen molar-refractivity contribution in [3.05, 3.63) is 83.2 Å². The second-order valence-corrected chi connectivity index (χ2v) is 7.99. The van der Waals surface area contributed by atoms with Crippen LogP contribution in [-0.2, 0) is 11.3 Å². The number of likely N-dealkylation sites (tertiary alicyclic amines) is 1. The molecule has 166 valence electrons. The van der Waals surface area contributed by atoms with Gasteiger partial charge in [0.05, 0.1) is 5.69 Å². The topological polar surface area (TPSA) is 67.2 Å². The predicted octanol–water partition coefficient (Wildman–Crippen LogP) is 3.63. The fourth-order valence-corrected chi connectivity index (χ4v) is 3.79. The van der Waals surface area contributed by atoms with Gasteiger partial charge >= 0.3 is 0 Å². The summed E-state index contributed by atoms with van der Waals surface area (Å²) in [5, 5.41) is 7.14. The zero-order chi connectivity index (χ0) is 22.7. The van der Waals surface area contributed by atoms with E-state index in [2.05, 4.69) is 10.4 Å². The van der Waals surface area contributed by atoms with Gasteiger partial charge in [-0.15, -0.1) is 0 Å². The summed E-state index contributed by atoms with van der Waals surface area (Å²) < 4.78 is 28.6. The number of nitrogens with zero attached hydrogens (tertiary/aromatic N) is 3. The number of rotatable bonds is 5. The summed E-state index contributed by atoms with van der Waals surface area (Å²) >= 11 is 0. The van der Waals surface area contributed by atoms with Gasteiger partial charge in [-0.1, -0.05) is 18.2 Å². The first kappa shape index (κ1) is 21.7. The van der Waals surface area contributed by atoms with Gasteiger partial charge in [0.1, 0.15) is 11.6 Å². The minimum Gasteiger partial charge on any atom is -0.352 e. The number of amides is 2. The number of benzene rings is 2. The Kier molecular flexibility index (Phi) is 6.30. The van der Waals surface area contributed by atoms with Crippen molar-refractivity contribution in [3.8, 4) is 5.69 Å². The quantitative estimate of drug-likeness (QED) is 0.662. The van der Waals surface area contributed by atoms with Crippen molar-refractivity contribution in [3.63, 3.8) is 0 Å². The molecular formula is C24H24F2N4O2. The third kappa shape index (κ3) is 4.85. The van der Waals surface area contributed by atoms with Crippen LogP contribution in [0.5, 0.6) is 0 Å². The molecule has 6 nitrogen and oxygen atoms in total. The molecule has 1 N–H and O–H groups in total. The van der Waals surface area contributed by atoms with Crippen molar-refractivity contribution in [2.75, 3.05) is 13.1 Å². The van der Waals surface area contributed by atoms with Crippen molar-refractivity contribution in [2.45, 2.75) is 26.3 Å². The summed E-state index contributed by atoms with van der Waals surface area (Å²) in [4.78, 5) is 27.0. The summed E-state index contributed by atoms with van der Waals surface area (Å²) in [5.41, 5.74) is 2.09. The average Bonchev–Trinajstić information content (AvgIpc) is 3.30. The number of nitrogens with one attached hydrogen (secondary N) is 1. The van der Waals surface area contributed by atoms with Crippen LogP contribution in [0, 0.1) is 24.5 Å². The fraction of sp³-hybridized carbons (Fsp3) is 0.292. The average molecular weight is 438 g/mol. The monoisotopic (exact) mass is 438 g/mol. The molecule has 3 aromatic rings. The Morgan fingerprint density at radius 3 is 2.59 bits per heavy atom. The van der Waals surface area contributed by atoms with E-state index in [0.29, 0.717) is 42.7 Å². The summed E-state index contributed by atoms with van der Waals surface area (Å²) in [6, 6.07) is 12.5. The molecule has 0 saturated carbocycles. The zero-order valence-corrected chi connectivity index (χ0v) is 17.7. The van der Waals surface area contributed by atoms with E-state index in [-0.39, 0.29) is 41.6 Å². The van der Waals surface area contributed by atoms with Crippen molar-refractivity contribution < 1.29 is 18.4 Å². The van der Waals surface area contributed by atoms with Gasteiger partial charge in [0.15, 0.2) is 5.69 Å². The van der Waals surface area contributed by atoms with Crippen molar-refractivity contribution in [1.29, 1.82) is 0 Å². The second kappa shape index (κ2) is 9.30. The fourth-order valence-electron chi connectivity index (χ4n) is 3.79. The molecule has 2 heterocycles. The van der Waals surface area contributed by atoms with E-state index >= 15 is 0 Å². The van der Waals surface area contributed by atoms with Crippen LogP contribution >= 0.6 is 0 Å². The predicted molar refractivity (Wildman–Crippen MR) is 115 cm³/mol. The highest BCUT2D eigenvalue weighted by atomic mass is 19.1. The van der Waals surface area contributed by atoms with Crippen molar-refractivity contribution in [2.24, 2.45) is 5.92 Å². The van der Waals surface area contributed by atoms with Gasteiger partial charge in [0.25, 0.3) is 5.91 Å².